The van der Waals surface area contributed by atoms with Crippen LogP contribution in [0.5, 0.6) is 0 Å². The van der Waals surface area contributed by atoms with Crippen molar-refractivity contribution in [1.82, 2.24) is 14.9 Å². The van der Waals surface area contributed by atoms with E-state index in [1.165, 1.54) is 5.56 Å². The van der Waals surface area contributed by atoms with E-state index in [4.69, 9.17) is 11.4 Å². The number of aryl methyl sites for hydroxylation is 1. The fraction of sp³-hybridized carbons (Fsp3) is 0.185. The topological polar surface area (TPSA) is 46.9 Å². The number of nitrogens with one attached hydrogen (secondary N) is 1. The van der Waals surface area contributed by atoms with Crippen molar-refractivity contribution in [3.05, 3.63) is 90.3 Å². The quantitative estimate of drug-likeness (QED) is 0.342. The van der Waals surface area contributed by atoms with Crippen molar-refractivity contribution in [2.75, 3.05) is 6.54 Å². The molecule has 0 spiro atoms. The van der Waals surface area contributed by atoms with Crippen LogP contribution in [0.4, 0.5) is 0 Å². The lowest BCUT2D eigenvalue weighted by Gasteiger charge is -2.08. The van der Waals surface area contributed by atoms with Gasteiger partial charge in [-0.1, -0.05) is 72.7 Å². The van der Waals surface area contributed by atoms with Gasteiger partial charge in [-0.15, -0.1) is 6.42 Å². The normalized spacial score (nSPS) is 10.7. The van der Waals surface area contributed by atoms with Crippen LogP contribution in [-0.4, -0.2) is 22.0 Å². The number of hydrogen-bond donors (Lipinski definition) is 1. The molecule has 154 valence electrons. The Morgan fingerprint density at radius 2 is 1.65 bits per heavy atom. The second-order valence-electron chi connectivity index (χ2n) is 7.50. The lowest BCUT2D eigenvalue weighted by atomic mass is 10.0. The molecule has 0 unspecified atom stereocenters. The number of hydrogen-bond acceptors (Lipinski definition) is 2. The molecule has 0 bridgehead atoms. The van der Waals surface area contributed by atoms with E-state index in [9.17, 15) is 4.79 Å². The summed E-state index contributed by atoms with van der Waals surface area (Å²) >= 11 is 0. The second kappa shape index (κ2) is 9.77. The predicted molar refractivity (Wildman–Crippen MR) is 125 cm³/mol. The third kappa shape index (κ3) is 5.02. The van der Waals surface area contributed by atoms with Gasteiger partial charge < -0.3 is 9.88 Å². The van der Waals surface area contributed by atoms with Gasteiger partial charge >= 0.3 is 0 Å². The molecule has 0 atom stereocenters. The number of amides is 1. The second-order valence-corrected chi connectivity index (χ2v) is 7.50. The number of benzene rings is 3. The SMILES string of the molecule is C#CCn1c(CCCNC(=O)Cc2ccc(-c3ccccc3)cc2)nc2ccccc21. The van der Waals surface area contributed by atoms with Gasteiger partial charge in [0, 0.05) is 13.0 Å². The molecule has 3 aromatic carbocycles. The molecule has 0 saturated heterocycles. The van der Waals surface area contributed by atoms with Gasteiger partial charge in [-0.05, 0) is 35.2 Å². The Kier molecular flexibility index (Phi) is 6.44. The molecule has 31 heavy (non-hydrogen) atoms. The fourth-order valence-electron chi connectivity index (χ4n) is 3.75. The largest absolute Gasteiger partial charge is 0.356 e. The maximum Gasteiger partial charge on any atom is 0.224 e. The lowest BCUT2D eigenvalue weighted by molar-refractivity contribution is -0.120. The average Bonchev–Trinajstić information content (AvgIpc) is 3.15. The molecular weight excluding hydrogens is 382 g/mol. The van der Waals surface area contributed by atoms with E-state index < -0.39 is 0 Å². The molecule has 0 saturated carbocycles. The van der Waals surface area contributed by atoms with Crippen molar-refractivity contribution < 1.29 is 4.79 Å². The zero-order chi connectivity index (χ0) is 21.5. The number of terminal acetylenes is 1. The summed E-state index contributed by atoms with van der Waals surface area (Å²) in [7, 11) is 0. The van der Waals surface area contributed by atoms with Crippen LogP contribution >= 0.6 is 0 Å². The summed E-state index contributed by atoms with van der Waals surface area (Å²) in [6.45, 7) is 1.11. The number of carbonyl (C=O) groups is 1. The molecule has 0 aliphatic carbocycles. The molecule has 0 aliphatic rings. The first kappa shape index (κ1) is 20.4. The molecule has 1 heterocycles. The highest BCUT2D eigenvalue weighted by atomic mass is 16.1. The highest BCUT2D eigenvalue weighted by Gasteiger charge is 2.10. The minimum Gasteiger partial charge on any atom is -0.356 e. The van der Waals surface area contributed by atoms with Crippen LogP contribution in [0, 0.1) is 12.3 Å². The van der Waals surface area contributed by atoms with E-state index in [2.05, 4.69) is 40.1 Å². The third-order valence-electron chi connectivity index (χ3n) is 5.31. The van der Waals surface area contributed by atoms with Gasteiger partial charge in [0.25, 0.3) is 0 Å². The summed E-state index contributed by atoms with van der Waals surface area (Å²) < 4.78 is 2.07. The summed E-state index contributed by atoms with van der Waals surface area (Å²) in [4.78, 5) is 17.0. The smallest absolute Gasteiger partial charge is 0.224 e. The van der Waals surface area contributed by atoms with Crippen LogP contribution in [0.3, 0.4) is 0 Å². The van der Waals surface area contributed by atoms with Crippen molar-refractivity contribution in [1.29, 1.82) is 0 Å². The highest BCUT2D eigenvalue weighted by Crippen LogP contribution is 2.19. The molecule has 1 amide bonds. The molecule has 0 fully saturated rings. The van der Waals surface area contributed by atoms with Crippen molar-refractivity contribution in [2.24, 2.45) is 0 Å². The zero-order valence-corrected chi connectivity index (χ0v) is 17.4. The Bertz CT molecular complexity index is 1200. The van der Waals surface area contributed by atoms with E-state index in [-0.39, 0.29) is 5.91 Å². The summed E-state index contributed by atoms with van der Waals surface area (Å²) in [5, 5.41) is 3.02. The Morgan fingerprint density at radius 1 is 0.935 bits per heavy atom. The first-order chi connectivity index (χ1) is 15.2. The van der Waals surface area contributed by atoms with E-state index in [1.807, 2.05) is 54.6 Å². The highest BCUT2D eigenvalue weighted by molar-refractivity contribution is 5.79. The molecule has 4 heteroatoms. The van der Waals surface area contributed by atoms with Crippen LogP contribution in [0.15, 0.2) is 78.9 Å². The predicted octanol–water partition coefficient (Wildman–Crippen LogP) is 4.63. The number of fused-ring (bicyclic) bond motifs is 1. The third-order valence-corrected chi connectivity index (χ3v) is 5.31. The summed E-state index contributed by atoms with van der Waals surface area (Å²) in [5.74, 6) is 3.70. The minimum absolute atomic E-state index is 0.0320. The maximum atomic E-state index is 12.3. The number of rotatable bonds is 8. The van der Waals surface area contributed by atoms with Gasteiger partial charge in [-0.2, -0.15) is 0 Å². The molecule has 1 N–H and O–H groups in total. The fourth-order valence-corrected chi connectivity index (χ4v) is 3.75. The van der Waals surface area contributed by atoms with Crippen LogP contribution in [0.1, 0.15) is 17.8 Å². The number of aromatic nitrogens is 2. The first-order valence-corrected chi connectivity index (χ1v) is 10.5. The van der Waals surface area contributed by atoms with Gasteiger partial charge in [0.05, 0.1) is 24.0 Å². The Labute approximate surface area is 182 Å². The monoisotopic (exact) mass is 407 g/mol. The van der Waals surface area contributed by atoms with Crippen molar-refractivity contribution in [2.45, 2.75) is 25.8 Å². The first-order valence-electron chi connectivity index (χ1n) is 10.5. The van der Waals surface area contributed by atoms with Crippen molar-refractivity contribution in [3.8, 4) is 23.5 Å². The average molecular weight is 408 g/mol. The van der Waals surface area contributed by atoms with Crippen molar-refractivity contribution in [3.63, 3.8) is 0 Å². The zero-order valence-electron chi connectivity index (χ0n) is 17.4. The number of nitrogens with zero attached hydrogens (tertiary/aromatic N) is 2. The van der Waals surface area contributed by atoms with E-state index in [0.717, 1.165) is 40.8 Å². The van der Waals surface area contributed by atoms with Gasteiger partial charge in [-0.25, -0.2) is 4.98 Å². The molecule has 4 rings (SSSR count). The molecular formula is C27H25N3O. The molecule has 0 aliphatic heterocycles. The molecule has 0 radical (unpaired) electrons. The maximum absolute atomic E-state index is 12.3. The summed E-state index contributed by atoms with van der Waals surface area (Å²) in [5.41, 5.74) is 5.34. The van der Waals surface area contributed by atoms with Gasteiger partial charge in [0.15, 0.2) is 0 Å². The van der Waals surface area contributed by atoms with Gasteiger partial charge in [0.1, 0.15) is 5.82 Å². The minimum atomic E-state index is 0.0320. The molecule has 4 aromatic rings. The van der Waals surface area contributed by atoms with Crippen LogP contribution in [0.2, 0.25) is 0 Å². The number of para-hydroxylation sites is 2. The van der Waals surface area contributed by atoms with Crippen LogP contribution in [-0.2, 0) is 24.2 Å². The molecule has 4 nitrogen and oxygen atoms in total. The summed E-state index contributed by atoms with van der Waals surface area (Å²) in [6.07, 6.45) is 7.49. The van der Waals surface area contributed by atoms with Gasteiger partial charge in [0.2, 0.25) is 5.91 Å². The summed E-state index contributed by atoms with van der Waals surface area (Å²) in [6, 6.07) is 26.4. The number of carbonyl (C=O) groups excluding carboxylic acids is 1. The van der Waals surface area contributed by atoms with E-state index in [0.29, 0.717) is 19.5 Å². The van der Waals surface area contributed by atoms with Crippen molar-refractivity contribution >= 4 is 16.9 Å². The molecule has 1 aromatic heterocycles. The standard InChI is InChI=1S/C27H25N3O/c1-2-19-30-25-12-7-6-11-24(25)29-26(30)13-8-18-28-27(31)20-21-14-16-23(17-15-21)22-9-4-3-5-10-22/h1,3-7,9-12,14-17H,8,13,18-20H2,(H,28,31). The Balaban J connectivity index is 1.28. The van der Waals surface area contributed by atoms with Crippen LogP contribution < -0.4 is 5.32 Å². The van der Waals surface area contributed by atoms with Gasteiger partial charge in [-0.3, -0.25) is 4.79 Å². The number of imidazole rings is 1. The lowest BCUT2D eigenvalue weighted by Crippen LogP contribution is -2.26. The van der Waals surface area contributed by atoms with E-state index in [1.54, 1.807) is 0 Å². The van der Waals surface area contributed by atoms with Crippen LogP contribution in [0.25, 0.3) is 22.2 Å². The van der Waals surface area contributed by atoms with E-state index >= 15 is 0 Å². The Morgan fingerprint density at radius 3 is 2.42 bits per heavy atom. The Hall–Kier alpha value is -3.84.